The highest BCUT2D eigenvalue weighted by molar-refractivity contribution is 5.91. The fraction of sp³-hybridized carbons (Fsp3) is 0.423. The first kappa shape index (κ1) is 18.9. The molecule has 31 heavy (non-hydrogen) atoms. The monoisotopic (exact) mass is 415 g/mol. The molecule has 5 nitrogen and oxygen atoms in total. The molecule has 2 aromatic carbocycles. The van der Waals surface area contributed by atoms with Gasteiger partial charge in [-0.3, -0.25) is 9.69 Å². The molecule has 0 aliphatic carbocycles. The third-order valence-corrected chi connectivity index (χ3v) is 7.97. The third kappa shape index (κ3) is 2.56. The van der Waals surface area contributed by atoms with Gasteiger partial charge in [-0.05, 0) is 43.5 Å². The van der Waals surface area contributed by atoms with Crippen molar-refractivity contribution < 1.29 is 9.53 Å². The summed E-state index contributed by atoms with van der Waals surface area (Å²) in [6, 6.07) is 17.0. The van der Waals surface area contributed by atoms with Crippen LogP contribution >= 0.6 is 0 Å². The Bertz CT molecular complexity index is 1170. The summed E-state index contributed by atoms with van der Waals surface area (Å²) in [7, 11) is 3.83. The fourth-order valence-electron chi connectivity index (χ4n) is 6.69. The van der Waals surface area contributed by atoms with Crippen LogP contribution in [0.1, 0.15) is 36.4 Å². The minimum atomic E-state index is -0.316. The first-order chi connectivity index (χ1) is 15.1. The summed E-state index contributed by atoms with van der Waals surface area (Å²) >= 11 is 0. The van der Waals surface area contributed by atoms with Crippen LogP contribution in [0, 0.1) is 5.92 Å². The van der Waals surface area contributed by atoms with Crippen molar-refractivity contribution >= 4 is 16.8 Å². The summed E-state index contributed by atoms with van der Waals surface area (Å²) in [6.07, 6.45) is 5.44. The molecule has 3 aromatic rings. The molecule has 3 atom stereocenters. The van der Waals surface area contributed by atoms with Crippen molar-refractivity contribution in [3.8, 4) is 5.75 Å². The minimum Gasteiger partial charge on any atom is -0.496 e. The smallest absolute Gasteiger partial charge is 0.243 e. The second kappa shape index (κ2) is 6.86. The number of likely N-dealkylation sites (tertiary alicyclic amines) is 1. The van der Waals surface area contributed by atoms with Gasteiger partial charge in [0.25, 0.3) is 0 Å². The number of nitrogens with zero attached hydrogens (tertiary/aromatic N) is 3. The van der Waals surface area contributed by atoms with Crippen molar-refractivity contribution in [2.45, 2.75) is 37.4 Å². The maximum Gasteiger partial charge on any atom is 0.243 e. The maximum absolute atomic E-state index is 13.9. The van der Waals surface area contributed by atoms with Crippen LogP contribution in [-0.2, 0) is 18.4 Å². The Morgan fingerprint density at radius 1 is 1.13 bits per heavy atom. The zero-order valence-corrected chi connectivity index (χ0v) is 18.3. The molecule has 160 valence electrons. The van der Waals surface area contributed by atoms with Crippen LogP contribution in [0.5, 0.6) is 5.75 Å². The number of carbonyl (C=O) groups excluding carboxylic acids is 1. The predicted octanol–water partition coefficient (Wildman–Crippen LogP) is 4.12. The lowest BCUT2D eigenvalue weighted by atomic mass is 9.85. The normalized spacial score (nSPS) is 27.8. The van der Waals surface area contributed by atoms with E-state index in [2.05, 4.69) is 57.9 Å². The van der Waals surface area contributed by atoms with Crippen LogP contribution in [0.3, 0.4) is 0 Å². The molecule has 5 heteroatoms. The van der Waals surface area contributed by atoms with Gasteiger partial charge in [0, 0.05) is 54.8 Å². The highest BCUT2D eigenvalue weighted by Crippen LogP contribution is 2.57. The number of ether oxygens (including phenoxy) is 1. The number of methoxy groups -OCH3 is 1. The summed E-state index contributed by atoms with van der Waals surface area (Å²) in [6.45, 7) is 2.49. The van der Waals surface area contributed by atoms with Crippen molar-refractivity contribution in [1.29, 1.82) is 0 Å². The summed E-state index contributed by atoms with van der Waals surface area (Å²) in [5, 5.41) is 1.33. The van der Waals surface area contributed by atoms with Crippen molar-refractivity contribution in [3.63, 3.8) is 0 Å². The molecule has 1 spiro atoms. The van der Waals surface area contributed by atoms with Gasteiger partial charge in [-0.2, -0.15) is 0 Å². The van der Waals surface area contributed by atoms with E-state index >= 15 is 0 Å². The molecule has 6 rings (SSSR count). The van der Waals surface area contributed by atoms with Crippen molar-refractivity contribution in [3.05, 3.63) is 65.9 Å². The maximum atomic E-state index is 13.9. The molecule has 3 aliphatic rings. The molecular weight excluding hydrogens is 386 g/mol. The third-order valence-electron chi connectivity index (χ3n) is 7.97. The van der Waals surface area contributed by atoms with Crippen LogP contribution in [0.4, 0.5) is 0 Å². The lowest BCUT2D eigenvalue weighted by Crippen LogP contribution is -2.49. The first-order valence-corrected chi connectivity index (χ1v) is 11.4. The minimum absolute atomic E-state index is 0.316. The topological polar surface area (TPSA) is 37.7 Å². The molecule has 0 saturated carbocycles. The lowest BCUT2D eigenvalue weighted by molar-refractivity contribution is -0.137. The Balaban J connectivity index is 1.34. The SMILES string of the molecule is COc1ccccc1CN1C[C@@H]2C[C@@H](c3cn(C)c4ccccc34)N3CCC[C@@]23C1=O. The van der Waals surface area contributed by atoms with E-state index in [-0.39, 0.29) is 5.54 Å². The van der Waals surface area contributed by atoms with Gasteiger partial charge in [0.2, 0.25) is 5.91 Å². The van der Waals surface area contributed by atoms with Crippen molar-refractivity contribution in [2.24, 2.45) is 13.0 Å². The van der Waals surface area contributed by atoms with E-state index in [0.717, 1.165) is 43.7 Å². The first-order valence-electron chi connectivity index (χ1n) is 11.4. The number of carbonyl (C=O) groups is 1. The second-order valence-corrected chi connectivity index (χ2v) is 9.38. The number of rotatable bonds is 4. The van der Waals surface area contributed by atoms with Crippen molar-refractivity contribution in [2.75, 3.05) is 20.2 Å². The van der Waals surface area contributed by atoms with Crippen LogP contribution in [0.15, 0.2) is 54.7 Å². The highest BCUT2D eigenvalue weighted by atomic mass is 16.5. The Morgan fingerprint density at radius 2 is 1.94 bits per heavy atom. The number of aryl methyl sites for hydroxylation is 1. The van der Waals surface area contributed by atoms with E-state index < -0.39 is 0 Å². The standard InChI is InChI=1S/C26H29N3O2/c1-27-17-21(20-9-4-5-10-22(20)27)23-14-19-16-28(15-18-8-3-6-11-24(18)31-2)25(30)26(19)12-7-13-29(23)26/h3-6,8-11,17,19,23H,7,12-16H2,1-2H3/t19-,23-,26-/m0/s1. The molecule has 1 aromatic heterocycles. The van der Waals surface area contributed by atoms with Gasteiger partial charge in [0.1, 0.15) is 11.3 Å². The van der Waals surface area contributed by atoms with E-state index in [4.69, 9.17) is 4.74 Å². The Hall–Kier alpha value is -2.79. The van der Waals surface area contributed by atoms with Gasteiger partial charge in [-0.15, -0.1) is 0 Å². The predicted molar refractivity (Wildman–Crippen MR) is 121 cm³/mol. The Kier molecular flexibility index (Phi) is 4.19. The number of fused-ring (bicyclic) bond motifs is 1. The molecule has 3 saturated heterocycles. The summed E-state index contributed by atoms with van der Waals surface area (Å²) < 4.78 is 7.77. The highest BCUT2D eigenvalue weighted by Gasteiger charge is 2.65. The summed E-state index contributed by atoms with van der Waals surface area (Å²) in [5.41, 5.74) is 3.43. The van der Waals surface area contributed by atoms with E-state index in [1.165, 1.54) is 16.5 Å². The van der Waals surface area contributed by atoms with E-state index in [9.17, 15) is 4.79 Å². The summed E-state index contributed by atoms with van der Waals surface area (Å²) in [4.78, 5) is 18.5. The molecule has 3 aliphatic heterocycles. The fourth-order valence-corrected chi connectivity index (χ4v) is 6.69. The molecule has 0 N–H and O–H groups in total. The largest absolute Gasteiger partial charge is 0.496 e. The summed E-state index contributed by atoms with van der Waals surface area (Å²) in [5.74, 6) is 1.58. The molecule has 1 amide bonds. The van der Waals surface area contributed by atoms with Crippen LogP contribution in [-0.4, -0.2) is 46.0 Å². The molecule has 0 unspecified atom stereocenters. The Labute approximate surface area is 183 Å². The van der Waals surface area contributed by atoms with Gasteiger partial charge in [-0.1, -0.05) is 36.4 Å². The van der Waals surface area contributed by atoms with Crippen LogP contribution in [0.25, 0.3) is 10.9 Å². The molecule has 0 radical (unpaired) electrons. The number of benzene rings is 2. The van der Waals surface area contributed by atoms with Crippen LogP contribution in [0.2, 0.25) is 0 Å². The number of hydrogen-bond donors (Lipinski definition) is 0. The zero-order chi connectivity index (χ0) is 21.2. The van der Waals surface area contributed by atoms with Crippen LogP contribution < -0.4 is 4.74 Å². The average molecular weight is 416 g/mol. The van der Waals surface area contributed by atoms with E-state index in [0.29, 0.717) is 24.4 Å². The average Bonchev–Trinajstić information content (AvgIpc) is 3.50. The van der Waals surface area contributed by atoms with Crippen molar-refractivity contribution in [1.82, 2.24) is 14.4 Å². The van der Waals surface area contributed by atoms with E-state index in [1.807, 2.05) is 18.2 Å². The molecule has 3 fully saturated rings. The second-order valence-electron chi connectivity index (χ2n) is 9.38. The Morgan fingerprint density at radius 3 is 2.81 bits per heavy atom. The lowest BCUT2D eigenvalue weighted by Gasteiger charge is -2.33. The van der Waals surface area contributed by atoms with Gasteiger partial charge in [-0.25, -0.2) is 0 Å². The molecule has 4 heterocycles. The van der Waals surface area contributed by atoms with Gasteiger partial charge in [0.15, 0.2) is 0 Å². The quantitative estimate of drug-likeness (QED) is 0.643. The van der Waals surface area contributed by atoms with Gasteiger partial charge < -0.3 is 14.2 Å². The van der Waals surface area contributed by atoms with Gasteiger partial charge in [0.05, 0.1) is 7.11 Å². The number of aromatic nitrogens is 1. The van der Waals surface area contributed by atoms with E-state index in [1.54, 1.807) is 7.11 Å². The molecule has 0 bridgehead atoms. The number of amides is 1. The number of hydrogen-bond acceptors (Lipinski definition) is 3. The van der Waals surface area contributed by atoms with Gasteiger partial charge >= 0.3 is 0 Å². The zero-order valence-electron chi connectivity index (χ0n) is 18.3. The number of para-hydroxylation sites is 2. The molecular formula is C26H29N3O2.